The molecule has 2 N–H and O–H groups in total. The van der Waals surface area contributed by atoms with Gasteiger partial charge in [0.2, 0.25) is 5.78 Å². The molecule has 2 aliphatic heterocycles. The van der Waals surface area contributed by atoms with Crippen LogP contribution in [0.2, 0.25) is 5.02 Å². The third kappa shape index (κ3) is 2.38. The van der Waals surface area contributed by atoms with Gasteiger partial charge in [-0.3, -0.25) is 10.1 Å². The highest BCUT2D eigenvalue weighted by molar-refractivity contribution is 6.32. The second-order valence-corrected chi connectivity index (χ2v) is 6.92. The SMILES string of the molecule is O=C1C2CCCC1(c1ccccc1Cl)N=C(C1CNC(O)C1)O2. The molecule has 6 heteroatoms. The highest BCUT2D eigenvalue weighted by atomic mass is 35.5. The lowest BCUT2D eigenvalue weighted by Gasteiger charge is -2.42. The number of aliphatic hydroxyl groups is 1. The number of rotatable bonds is 2. The molecule has 0 amide bonds. The molecule has 2 fully saturated rings. The van der Waals surface area contributed by atoms with Gasteiger partial charge in [0.1, 0.15) is 6.23 Å². The summed E-state index contributed by atoms with van der Waals surface area (Å²) in [6, 6.07) is 7.43. The van der Waals surface area contributed by atoms with E-state index in [0.29, 0.717) is 36.7 Å². The number of ketones is 1. The molecule has 1 saturated carbocycles. The highest BCUT2D eigenvalue weighted by Gasteiger charge is 2.52. The van der Waals surface area contributed by atoms with E-state index in [-0.39, 0.29) is 11.7 Å². The number of aliphatic hydroxyl groups excluding tert-OH is 1. The fourth-order valence-electron chi connectivity index (χ4n) is 3.86. The molecule has 4 rings (SSSR count). The number of carbonyl (C=O) groups is 1. The summed E-state index contributed by atoms with van der Waals surface area (Å²) in [4.78, 5) is 17.7. The maximum atomic E-state index is 13.0. The summed E-state index contributed by atoms with van der Waals surface area (Å²) in [5.74, 6) is 0.589. The van der Waals surface area contributed by atoms with Crippen molar-refractivity contribution >= 4 is 23.3 Å². The van der Waals surface area contributed by atoms with Crippen LogP contribution in [0.25, 0.3) is 0 Å². The molecule has 4 unspecified atom stereocenters. The number of carbonyl (C=O) groups excluding carboxylic acids is 1. The molecule has 0 spiro atoms. The van der Waals surface area contributed by atoms with Crippen LogP contribution in [0, 0.1) is 5.92 Å². The Morgan fingerprint density at radius 3 is 2.96 bits per heavy atom. The standard InChI is InChI=1S/C17H19ClN2O3/c18-12-5-2-1-4-11(12)17-7-3-6-13(15(17)22)23-16(20-17)10-8-14(21)19-9-10/h1-2,4-5,10,13-14,19,21H,3,6-9H2. The minimum absolute atomic E-state index is 0.000521. The van der Waals surface area contributed by atoms with Gasteiger partial charge in [-0.2, -0.15) is 0 Å². The minimum atomic E-state index is -0.928. The lowest BCUT2D eigenvalue weighted by atomic mass is 9.73. The van der Waals surface area contributed by atoms with E-state index < -0.39 is 17.9 Å². The second-order valence-electron chi connectivity index (χ2n) is 6.51. The van der Waals surface area contributed by atoms with Crippen LogP contribution in [-0.4, -0.2) is 35.7 Å². The van der Waals surface area contributed by atoms with Crippen LogP contribution in [0.1, 0.15) is 31.2 Å². The van der Waals surface area contributed by atoms with Crippen LogP contribution in [-0.2, 0) is 15.1 Å². The van der Waals surface area contributed by atoms with Gasteiger partial charge < -0.3 is 9.84 Å². The first-order chi connectivity index (χ1) is 11.1. The van der Waals surface area contributed by atoms with E-state index >= 15 is 0 Å². The van der Waals surface area contributed by atoms with Crippen molar-refractivity contribution in [3.63, 3.8) is 0 Å². The molecule has 1 aromatic rings. The van der Waals surface area contributed by atoms with Crippen molar-refractivity contribution in [2.45, 2.75) is 43.6 Å². The second kappa shape index (κ2) is 5.58. The third-order valence-electron chi connectivity index (χ3n) is 5.05. The summed E-state index contributed by atoms with van der Waals surface area (Å²) in [5.41, 5.74) is -0.161. The lowest BCUT2D eigenvalue weighted by molar-refractivity contribution is -0.137. The zero-order valence-corrected chi connectivity index (χ0v) is 13.4. The molecule has 1 aromatic carbocycles. The van der Waals surface area contributed by atoms with Crippen LogP contribution < -0.4 is 5.32 Å². The van der Waals surface area contributed by atoms with E-state index in [2.05, 4.69) is 5.32 Å². The number of halogens is 1. The van der Waals surface area contributed by atoms with Gasteiger partial charge in [0.05, 0.1) is 5.92 Å². The summed E-state index contributed by atoms with van der Waals surface area (Å²) in [7, 11) is 0. The minimum Gasteiger partial charge on any atom is -0.469 e. The van der Waals surface area contributed by atoms with E-state index in [0.717, 1.165) is 12.0 Å². The molecule has 1 saturated heterocycles. The van der Waals surface area contributed by atoms with Crippen molar-refractivity contribution in [2.24, 2.45) is 10.9 Å². The number of hydrogen-bond acceptors (Lipinski definition) is 5. The zero-order valence-electron chi connectivity index (χ0n) is 12.7. The lowest BCUT2D eigenvalue weighted by Crippen LogP contribution is -2.52. The van der Waals surface area contributed by atoms with Crippen molar-refractivity contribution in [2.75, 3.05) is 6.54 Å². The predicted octanol–water partition coefficient (Wildman–Crippen LogP) is 2.01. The fourth-order valence-corrected chi connectivity index (χ4v) is 4.15. The maximum Gasteiger partial charge on any atom is 0.205 e. The number of aliphatic imine (C=N–C) groups is 1. The summed E-state index contributed by atoms with van der Waals surface area (Å²) >= 11 is 6.38. The van der Waals surface area contributed by atoms with E-state index in [4.69, 9.17) is 21.3 Å². The number of nitrogens with zero attached hydrogens (tertiary/aromatic N) is 1. The molecule has 2 bridgehead atoms. The number of Topliss-reactive ketones (excluding diaryl/α,β-unsaturated/α-hetero) is 1. The Bertz CT molecular complexity index is 678. The van der Waals surface area contributed by atoms with Crippen molar-refractivity contribution < 1.29 is 14.6 Å². The van der Waals surface area contributed by atoms with Gasteiger partial charge in [-0.25, -0.2) is 4.99 Å². The highest BCUT2D eigenvalue weighted by Crippen LogP contribution is 2.45. The normalized spacial score (nSPS) is 36.5. The quantitative estimate of drug-likeness (QED) is 0.868. The molecule has 2 heterocycles. The smallest absolute Gasteiger partial charge is 0.205 e. The Balaban J connectivity index is 1.81. The van der Waals surface area contributed by atoms with Crippen LogP contribution in [0.5, 0.6) is 0 Å². The Morgan fingerprint density at radius 2 is 2.22 bits per heavy atom. The molecule has 3 aliphatic rings. The van der Waals surface area contributed by atoms with Crippen LogP contribution in [0.15, 0.2) is 29.3 Å². The molecule has 0 aromatic heterocycles. The van der Waals surface area contributed by atoms with Crippen molar-refractivity contribution in [3.8, 4) is 0 Å². The first kappa shape index (κ1) is 15.1. The number of ether oxygens (including phenoxy) is 1. The van der Waals surface area contributed by atoms with E-state index in [1.165, 1.54) is 0 Å². The number of fused-ring (bicyclic) bond motifs is 2. The first-order valence-electron chi connectivity index (χ1n) is 8.07. The van der Waals surface area contributed by atoms with Gasteiger partial charge in [0.15, 0.2) is 17.5 Å². The van der Waals surface area contributed by atoms with Gasteiger partial charge in [-0.15, -0.1) is 0 Å². The molecule has 1 aliphatic carbocycles. The average Bonchev–Trinajstić information content (AvgIpc) is 2.95. The number of nitrogens with one attached hydrogen (secondary N) is 1. The van der Waals surface area contributed by atoms with Gasteiger partial charge in [-0.1, -0.05) is 29.8 Å². The Kier molecular flexibility index (Phi) is 3.67. The van der Waals surface area contributed by atoms with Crippen LogP contribution >= 0.6 is 11.6 Å². The van der Waals surface area contributed by atoms with E-state index in [1.807, 2.05) is 18.2 Å². The summed E-state index contributed by atoms with van der Waals surface area (Å²) in [6.07, 6.45) is 1.81. The van der Waals surface area contributed by atoms with E-state index in [1.54, 1.807) is 6.07 Å². The summed E-state index contributed by atoms with van der Waals surface area (Å²) < 4.78 is 5.89. The molecule has 122 valence electrons. The Labute approximate surface area is 139 Å². The van der Waals surface area contributed by atoms with E-state index in [9.17, 15) is 9.90 Å². The first-order valence-corrected chi connectivity index (χ1v) is 8.45. The van der Waals surface area contributed by atoms with Crippen molar-refractivity contribution in [1.82, 2.24) is 5.32 Å². The number of hydrogen-bond donors (Lipinski definition) is 2. The number of benzene rings is 1. The Morgan fingerprint density at radius 1 is 1.39 bits per heavy atom. The molecule has 4 atom stereocenters. The monoisotopic (exact) mass is 334 g/mol. The van der Waals surface area contributed by atoms with Crippen LogP contribution in [0.3, 0.4) is 0 Å². The third-order valence-corrected chi connectivity index (χ3v) is 5.37. The van der Waals surface area contributed by atoms with Gasteiger partial charge >= 0.3 is 0 Å². The fraction of sp³-hybridized carbons (Fsp3) is 0.529. The molecular formula is C17H19ClN2O3. The predicted molar refractivity (Wildman–Crippen MR) is 86.4 cm³/mol. The van der Waals surface area contributed by atoms with Gasteiger partial charge in [0.25, 0.3) is 0 Å². The zero-order chi connectivity index (χ0) is 16.0. The van der Waals surface area contributed by atoms with Crippen molar-refractivity contribution in [3.05, 3.63) is 34.9 Å². The maximum absolute atomic E-state index is 13.0. The molecular weight excluding hydrogens is 316 g/mol. The molecule has 23 heavy (non-hydrogen) atoms. The molecule has 5 nitrogen and oxygen atoms in total. The van der Waals surface area contributed by atoms with Crippen LogP contribution in [0.4, 0.5) is 0 Å². The van der Waals surface area contributed by atoms with Crippen molar-refractivity contribution in [1.29, 1.82) is 0 Å². The largest absolute Gasteiger partial charge is 0.469 e. The van der Waals surface area contributed by atoms with Gasteiger partial charge in [0, 0.05) is 17.1 Å². The topological polar surface area (TPSA) is 70.9 Å². The summed E-state index contributed by atoms with van der Waals surface area (Å²) in [5, 5.41) is 13.3. The summed E-state index contributed by atoms with van der Waals surface area (Å²) in [6.45, 7) is 0.611. The Hall–Kier alpha value is -1.43. The molecule has 0 radical (unpaired) electrons. The van der Waals surface area contributed by atoms with Gasteiger partial charge in [-0.05, 0) is 31.7 Å². The average molecular weight is 335 g/mol.